The van der Waals surface area contributed by atoms with Gasteiger partial charge in [0.25, 0.3) is 0 Å². The largest absolute Gasteiger partial charge is 0.372 e. The van der Waals surface area contributed by atoms with E-state index in [2.05, 4.69) is 27.9 Å². The summed E-state index contributed by atoms with van der Waals surface area (Å²) in [6.45, 7) is 5.70. The van der Waals surface area contributed by atoms with Crippen molar-refractivity contribution in [1.82, 2.24) is 9.80 Å². The Labute approximate surface area is 79.7 Å². The molecule has 0 atom stereocenters. The van der Waals surface area contributed by atoms with E-state index in [-0.39, 0.29) is 0 Å². The lowest BCUT2D eigenvalue weighted by Crippen LogP contribution is -2.44. The lowest BCUT2D eigenvalue weighted by Gasteiger charge is -2.35. The number of aliphatic imine (C=N–C) groups is 1. The quantitative estimate of drug-likeness (QED) is 0.587. The van der Waals surface area contributed by atoms with Crippen molar-refractivity contribution in [1.29, 1.82) is 0 Å². The van der Waals surface area contributed by atoms with Crippen LogP contribution in [0.1, 0.15) is 6.42 Å². The van der Waals surface area contributed by atoms with Crippen molar-refractivity contribution < 1.29 is 0 Å². The lowest BCUT2D eigenvalue weighted by atomic mass is 10.2. The second-order valence-corrected chi connectivity index (χ2v) is 3.75. The van der Waals surface area contributed by atoms with Gasteiger partial charge < -0.3 is 9.80 Å². The minimum Gasteiger partial charge on any atom is -0.372 e. The first-order chi connectivity index (χ1) is 6.36. The average Bonchev–Trinajstić information content (AvgIpc) is 2.20. The zero-order valence-corrected chi connectivity index (χ0v) is 8.24. The monoisotopic (exact) mass is 179 g/mol. The Kier molecular flexibility index (Phi) is 2.64. The Bertz CT molecular complexity index is 224. The second-order valence-electron chi connectivity index (χ2n) is 3.75. The molecule has 0 aromatic rings. The maximum Gasteiger partial charge on any atom is 0.0443 e. The van der Waals surface area contributed by atoms with Gasteiger partial charge in [0.05, 0.1) is 0 Å². The van der Waals surface area contributed by atoms with Crippen molar-refractivity contribution in [2.45, 2.75) is 6.42 Å². The van der Waals surface area contributed by atoms with Crippen molar-refractivity contribution in [2.24, 2.45) is 4.99 Å². The predicted molar refractivity (Wildman–Crippen MR) is 55.1 cm³/mol. The van der Waals surface area contributed by atoms with Crippen LogP contribution in [0.25, 0.3) is 0 Å². The normalized spacial score (nSPS) is 24.7. The van der Waals surface area contributed by atoms with Crippen LogP contribution in [0.15, 0.2) is 16.8 Å². The van der Waals surface area contributed by atoms with E-state index in [0.717, 1.165) is 13.0 Å². The maximum absolute atomic E-state index is 4.20. The summed E-state index contributed by atoms with van der Waals surface area (Å²) >= 11 is 0. The highest BCUT2D eigenvalue weighted by atomic mass is 15.3. The molecule has 0 spiro atoms. The fourth-order valence-corrected chi connectivity index (χ4v) is 1.83. The molecule has 1 saturated heterocycles. The van der Waals surface area contributed by atoms with E-state index in [1.165, 1.54) is 31.9 Å². The van der Waals surface area contributed by atoms with E-state index < -0.39 is 0 Å². The van der Waals surface area contributed by atoms with E-state index in [9.17, 15) is 0 Å². The summed E-state index contributed by atoms with van der Waals surface area (Å²) in [6.07, 6.45) is 5.23. The highest BCUT2D eigenvalue weighted by Crippen LogP contribution is 2.13. The van der Waals surface area contributed by atoms with E-state index >= 15 is 0 Å². The molecule has 0 saturated carbocycles. The molecule has 0 aromatic heterocycles. The van der Waals surface area contributed by atoms with Crippen LogP contribution in [0.4, 0.5) is 0 Å². The highest BCUT2D eigenvalue weighted by Gasteiger charge is 2.16. The molecular formula is C10H17N3. The van der Waals surface area contributed by atoms with Crippen molar-refractivity contribution >= 4 is 6.21 Å². The van der Waals surface area contributed by atoms with Crippen molar-refractivity contribution in [3.63, 3.8) is 0 Å². The molecule has 0 amide bonds. The molecule has 3 nitrogen and oxygen atoms in total. The first kappa shape index (κ1) is 8.75. The summed E-state index contributed by atoms with van der Waals surface area (Å²) in [6, 6.07) is 0. The number of allylic oxidation sites excluding steroid dienone is 1. The van der Waals surface area contributed by atoms with Gasteiger partial charge in [-0.3, -0.25) is 4.99 Å². The Balaban J connectivity index is 1.93. The highest BCUT2D eigenvalue weighted by molar-refractivity contribution is 5.73. The number of rotatable bonds is 1. The van der Waals surface area contributed by atoms with Gasteiger partial charge in [-0.1, -0.05) is 0 Å². The third-order valence-electron chi connectivity index (χ3n) is 2.78. The molecule has 0 radical (unpaired) electrons. The molecule has 0 bridgehead atoms. The number of likely N-dealkylation sites (N-methyl/N-ethyl adjacent to an activating group) is 1. The molecule has 72 valence electrons. The predicted octanol–water partition coefficient (Wildman–Crippen LogP) is 0.592. The van der Waals surface area contributed by atoms with Crippen molar-refractivity contribution in [3.8, 4) is 0 Å². The fraction of sp³-hybridized carbons (Fsp3) is 0.700. The molecule has 2 aliphatic rings. The number of dihydropyridines is 1. The van der Waals surface area contributed by atoms with E-state index in [4.69, 9.17) is 0 Å². The van der Waals surface area contributed by atoms with Gasteiger partial charge in [0.1, 0.15) is 0 Å². The van der Waals surface area contributed by atoms with Crippen LogP contribution in [0.3, 0.4) is 0 Å². The Morgan fingerprint density at radius 3 is 2.62 bits per heavy atom. The SMILES string of the molecule is CN1CCN(C2=CC=NCC2)CC1. The number of hydrogen-bond donors (Lipinski definition) is 0. The van der Waals surface area contributed by atoms with Gasteiger partial charge in [0.15, 0.2) is 0 Å². The molecule has 1 fully saturated rings. The standard InChI is InChI=1S/C10H17N3/c1-12-6-8-13(9-7-12)10-2-4-11-5-3-10/h2,4H,3,5-9H2,1H3. The van der Waals surface area contributed by atoms with E-state index in [1.54, 1.807) is 0 Å². The molecule has 13 heavy (non-hydrogen) atoms. The summed E-state index contributed by atoms with van der Waals surface area (Å²) in [7, 11) is 2.19. The van der Waals surface area contributed by atoms with Crippen LogP contribution >= 0.6 is 0 Å². The van der Waals surface area contributed by atoms with Gasteiger partial charge in [-0.15, -0.1) is 0 Å². The van der Waals surface area contributed by atoms with Crippen molar-refractivity contribution in [2.75, 3.05) is 39.8 Å². The minimum atomic E-state index is 0.970. The van der Waals surface area contributed by atoms with Gasteiger partial charge in [0, 0.05) is 51.1 Å². The number of nitrogens with zero attached hydrogens (tertiary/aromatic N) is 3. The molecule has 0 unspecified atom stereocenters. The summed E-state index contributed by atoms with van der Waals surface area (Å²) in [5.41, 5.74) is 1.48. The molecule has 2 heterocycles. The average molecular weight is 179 g/mol. The minimum absolute atomic E-state index is 0.970. The topological polar surface area (TPSA) is 18.8 Å². The lowest BCUT2D eigenvalue weighted by molar-refractivity contribution is 0.182. The van der Waals surface area contributed by atoms with Crippen molar-refractivity contribution in [3.05, 3.63) is 11.8 Å². The van der Waals surface area contributed by atoms with Gasteiger partial charge in [-0.25, -0.2) is 0 Å². The summed E-state index contributed by atoms with van der Waals surface area (Å²) in [5, 5.41) is 0. The van der Waals surface area contributed by atoms with Gasteiger partial charge in [-0.2, -0.15) is 0 Å². The zero-order valence-electron chi connectivity index (χ0n) is 8.24. The molecule has 0 aromatic carbocycles. The third-order valence-corrected chi connectivity index (χ3v) is 2.78. The molecule has 2 rings (SSSR count). The Hall–Kier alpha value is -0.830. The van der Waals surface area contributed by atoms with E-state index in [0.29, 0.717) is 0 Å². The van der Waals surface area contributed by atoms with Crippen LogP contribution in [0, 0.1) is 0 Å². The molecule has 0 aliphatic carbocycles. The molecule has 0 N–H and O–H groups in total. The zero-order chi connectivity index (χ0) is 9.10. The van der Waals surface area contributed by atoms with Crippen LogP contribution in [-0.4, -0.2) is 55.8 Å². The summed E-state index contributed by atoms with van der Waals surface area (Å²) in [5.74, 6) is 0. The van der Waals surface area contributed by atoms with Gasteiger partial charge >= 0.3 is 0 Å². The molecular weight excluding hydrogens is 162 g/mol. The fourth-order valence-electron chi connectivity index (χ4n) is 1.83. The smallest absolute Gasteiger partial charge is 0.0443 e. The Morgan fingerprint density at radius 1 is 1.23 bits per heavy atom. The van der Waals surface area contributed by atoms with Crippen LogP contribution < -0.4 is 0 Å². The maximum atomic E-state index is 4.20. The Morgan fingerprint density at radius 2 is 2.00 bits per heavy atom. The second kappa shape index (κ2) is 3.92. The summed E-state index contributed by atoms with van der Waals surface area (Å²) in [4.78, 5) is 9.07. The third kappa shape index (κ3) is 2.10. The van der Waals surface area contributed by atoms with E-state index in [1.807, 2.05) is 6.21 Å². The molecule has 2 aliphatic heterocycles. The molecule has 3 heteroatoms. The number of hydrogen-bond acceptors (Lipinski definition) is 3. The first-order valence-electron chi connectivity index (χ1n) is 4.99. The van der Waals surface area contributed by atoms with Crippen LogP contribution in [-0.2, 0) is 0 Å². The van der Waals surface area contributed by atoms with Crippen LogP contribution in [0.2, 0.25) is 0 Å². The first-order valence-corrected chi connectivity index (χ1v) is 4.99. The van der Waals surface area contributed by atoms with Gasteiger partial charge in [0.2, 0.25) is 0 Å². The van der Waals surface area contributed by atoms with Crippen LogP contribution in [0.5, 0.6) is 0 Å². The summed E-state index contributed by atoms with van der Waals surface area (Å²) < 4.78 is 0. The number of piperazine rings is 1. The van der Waals surface area contributed by atoms with Gasteiger partial charge in [-0.05, 0) is 13.1 Å².